The molecule has 4 atom stereocenters. The molecule has 1 saturated carbocycles. The molecule has 0 radical (unpaired) electrons. The molecule has 1 aromatic heterocycles. The molecule has 4 rings (SSSR count). The highest BCUT2D eigenvalue weighted by atomic mass is 79.9. The van der Waals surface area contributed by atoms with Gasteiger partial charge in [-0.1, -0.05) is 15.9 Å². The number of rotatable bonds is 10. The monoisotopic (exact) mass is 601 g/mol. The molecule has 2 aromatic rings. The van der Waals surface area contributed by atoms with Gasteiger partial charge in [-0.2, -0.15) is 5.09 Å². The summed E-state index contributed by atoms with van der Waals surface area (Å²) in [5.74, 6) is -0.312. The maximum Gasteiger partial charge on any atom is 0.459 e. The van der Waals surface area contributed by atoms with Gasteiger partial charge in [-0.05, 0) is 63.8 Å². The third kappa shape index (κ3) is 7.40. The lowest BCUT2D eigenvalue weighted by Gasteiger charge is -2.24. The smallest absolute Gasteiger partial charge is 0.459 e. The Kier molecular flexibility index (Phi) is 9.04. The molecule has 0 bridgehead atoms. The zero-order valence-corrected chi connectivity index (χ0v) is 22.9. The SMILES string of the molecule is Cc1cn([C@H]2CO[C@@H](COP(=O)(NC(C)C(=O)OC3CCCC3)Oc3ccc(Br)cc3)O2)c(=O)[nH]c1=O. The first-order valence-corrected chi connectivity index (χ1v) is 14.2. The molecule has 1 aromatic carbocycles. The average molecular weight is 602 g/mol. The van der Waals surface area contributed by atoms with E-state index in [4.69, 9.17) is 23.3 Å². The molecular weight excluding hydrogens is 573 g/mol. The second-order valence-corrected chi connectivity index (χ2v) is 11.5. The van der Waals surface area contributed by atoms with Crippen LogP contribution < -0.4 is 20.9 Å². The Morgan fingerprint density at radius 2 is 1.97 bits per heavy atom. The van der Waals surface area contributed by atoms with Gasteiger partial charge in [0.25, 0.3) is 5.56 Å². The van der Waals surface area contributed by atoms with Crippen molar-refractivity contribution >= 4 is 29.6 Å². The summed E-state index contributed by atoms with van der Waals surface area (Å²) in [6.07, 6.45) is 3.02. The molecule has 0 spiro atoms. The highest BCUT2D eigenvalue weighted by Gasteiger charge is 2.36. The van der Waals surface area contributed by atoms with Crippen molar-refractivity contribution in [3.8, 4) is 5.75 Å². The summed E-state index contributed by atoms with van der Waals surface area (Å²) < 4.78 is 43.7. The van der Waals surface area contributed by atoms with Crippen LogP contribution in [0.2, 0.25) is 0 Å². The molecule has 2 fully saturated rings. The Morgan fingerprint density at radius 3 is 2.68 bits per heavy atom. The van der Waals surface area contributed by atoms with Gasteiger partial charge < -0.3 is 18.7 Å². The fourth-order valence-corrected chi connectivity index (χ4v) is 5.66. The second-order valence-electron chi connectivity index (χ2n) is 8.86. The zero-order chi connectivity index (χ0) is 26.6. The van der Waals surface area contributed by atoms with Crippen molar-refractivity contribution in [3.05, 3.63) is 61.3 Å². The summed E-state index contributed by atoms with van der Waals surface area (Å²) in [4.78, 5) is 38.6. The van der Waals surface area contributed by atoms with Crippen molar-refractivity contribution < 1.29 is 32.6 Å². The molecule has 0 amide bonds. The number of aromatic amines is 1. The van der Waals surface area contributed by atoms with Crippen LogP contribution in [0.3, 0.4) is 0 Å². The number of aromatic nitrogens is 2. The van der Waals surface area contributed by atoms with Crippen molar-refractivity contribution in [3.63, 3.8) is 0 Å². The fourth-order valence-electron chi connectivity index (χ4n) is 3.92. The quantitative estimate of drug-likeness (QED) is 0.307. The number of esters is 1. The van der Waals surface area contributed by atoms with Gasteiger partial charge in [0.2, 0.25) is 0 Å². The topological polar surface area (TPSA) is 147 Å². The minimum Gasteiger partial charge on any atom is -0.461 e. The molecular formula is C23H29BrN3O9P. The Bertz CT molecular complexity index is 1260. The van der Waals surface area contributed by atoms with Gasteiger partial charge >= 0.3 is 19.4 Å². The van der Waals surface area contributed by atoms with E-state index in [9.17, 15) is 18.9 Å². The summed E-state index contributed by atoms with van der Waals surface area (Å²) in [5.41, 5.74) is -0.804. The Labute approximate surface area is 221 Å². The van der Waals surface area contributed by atoms with Crippen molar-refractivity contribution in [2.75, 3.05) is 13.2 Å². The largest absolute Gasteiger partial charge is 0.461 e. The standard InChI is InChI=1S/C23H29BrN3O9P/c1-14-11-27(23(30)25-21(14)28)19-12-32-20(35-19)13-33-37(31,36-18-9-7-16(24)8-10-18)26-15(2)22(29)34-17-5-3-4-6-17/h7-11,15,17,19-20H,3-6,12-13H2,1-2H3,(H,26,31)(H,25,28,30)/t15?,19-,20-,37?/m1/s1. The van der Waals surface area contributed by atoms with E-state index in [-0.39, 0.29) is 25.1 Å². The first-order valence-electron chi connectivity index (χ1n) is 11.9. The van der Waals surface area contributed by atoms with Crippen LogP contribution in [-0.2, 0) is 28.1 Å². The van der Waals surface area contributed by atoms with E-state index >= 15 is 0 Å². The lowest BCUT2D eigenvalue weighted by atomic mass is 10.3. The highest BCUT2D eigenvalue weighted by molar-refractivity contribution is 9.10. The molecule has 2 unspecified atom stereocenters. The maximum atomic E-state index is 13.7. The van der Waals surface area contributed by atoms with Gasteiger partial charge in [0.1, 0.15) is 24.5 Å². The van der Waals surface area contributed by atoms with E-state index in [1.807, 2.05) is 0 Å². The maximum absolute atomic E-state index is 13.7. The number of carbonyl (C=O) groups excluding carboxylic acids is 1. The van der Waals surface area contributed by atoms with E-state index in [0.29, 0.717) is 5.56 Å². The van der Waals surface area contributed by atoms with E-state index in [1.165, 1.54) is 17.7 Å². The van der Waals surface area contributed by atoms with Gasteiger partial charge in [-0.25, -0.2) is 9.36 Å². The lowest BCUT2D eigenvalue weighted by molar-refractivity contribution is -0.150. The number of hydrogen-bond acceptors (Lipinski definition) is 9. The number of aryl methyl sites for hydroxylation is 1. The predicted octanol–water partition coefficient (Wildman–Crippen LogP) is 3.15. The number of ether oxygens (including phenoxy) is 3. The van der Waals surface area contributed by atoms with Crippen LogP contribution in [0.15, 0.2) is 44.5 Å². The molecule has 1 aliphatic heterocycles. The van der Waals surface area contributed by atoms with Crippen LogP contribution in [0.25, 0.3) is 0 Å². The Hall–Kier alpha value is -2.28. The van der Waals surface area contributed by atoms with Crippen LogP contribution in [0, 0.1) is 6.92 Å². The number of carbonyl (C=O) groups is 1. The second kappa shape index (κ2) is 12.1. The van der Waals surface area contributed by atoms with Gasteiger partial charge in [0.05, 0.1) is 6.61 Å². The predicted molar refractivity (Wildman–Crippen MR) is 135 cm³/mol. The molecule has 14 heteroatoms. The molecule has 2 heterocycles. The molecule has 2 N–H and O–H groups in total. The van der Waals surface area contributed by atoms with E-state index in [0.717, 1.165) is 30.2 Å². The van der Waals surface area contributed by atoms with E-state index in [2.05, 4.69) is 26.0 Å². The van der Waals surface area contributed by atoms with Crippen molar-refractivity contribution in [2.45, 2.75) is 64.2 Å². The summed E-state index contributed by atoms with van der Waals surface area (Å²) in [5, 5.41) is 2.64. The number of hydrogen-bond donors (Lipinski definition) is 2. The summed E-state index contributed by atoms with van der Waals surface area (Å²) in [6.45, 7) is 2.74. The number of nitrogens with one attached hydrogen (secondary N) is 2. The van der Waals surface area contributed by atoms with Crippen LogP contribution >= 0.6 is 23.7 Å². The zero-order valence-electron chi connectivity index (χ0n) is 20.4. The van der Waals surface area contributed by atoms with Crippen molar-refractivity contribution in [1.82, 2.24) is 14.6 Å². The summed E-state index contributed by atoms with van der Waals surface area (Å²) >= 11 is 3.33. The first-order chi connectivity index (χ1) is 17.6. The normalized spacial score (nSPS) is 22.5. The van der Waals surface area contributed by atoms with Crippen molar-refractivity contribution in [1.29, 1.82) is 0 Å². The molecule has 1 aliphatic carbocycles. The number of nitrogens with zero attached hydrogens (tertiary/aromatic N) is 1. The minimum atomic E-state index is -4.12. The summed E-state index contributed by atoms with van der Waals surface area (Å²) in [6, 6.07) is 5.60. The molecule has 2 aliphatic rings. The number of benzene rings is 1. The molecule has 37 heavy (non-hydrogen) atoms. The summed E-state index contributed by atoms with van der Waals surface area (Å²) in [7, 11) is -4.12. The highest BCUT2D eigenvalue weighted by Crippen LogP contribution is 2.45. The van der Waals surface area contributed by atoms with E-state index in [1.54, 1.807) is 31.2 Å². The molecule has 202 valence electrons. The third-order valence-corrected chi connectivity index (χ3v) is 8.07. The first kappa shape index (κ1) is 27.7. The Balaban J connectivity index is 1.42. The molecule has 1 saturated heterocycles. The number of H-pyrrole nitrogens is 1. The number of halogens is 1. The molecule has 12 nitrogen and oxygen atoms in total. The van der Waals surface area contributed by atoms with E-state index < -0.39 is 43.5 Å². The van der Waals surface area contributed by atoms with Crippen LogP contribution in [0.5, 0.6) is 5.75 Å². The van der Waals surface area contributed by atoms with Gasteiger partial charge in [0.15, 0.2) is 12.5 Å². The van der Waals surface area contributed by atoms with Gasteiger partial charge in [-0.3, -0.25) is 23.7 Å². The van der Waals surface area contributed by atoms with Gasteiger partial charge in [0, 0.05) is 16.2 Å². The van der Waals surface area contributed by atoms with Crippen molar-refractivity contribution in [2.24, 2.45) is 0 Å². The minimum absolute atomic E-state index is 0.00513. The van der Waals surface area contributed by atoms with Crippen LogP contribution in [0.1, 0.15) is 44.4 Å². The third-order valence-electron chi connectivity index (χ3n) is 5.90. The lowest BCUT2D eigenvalue weighted by Crippen LogP contribution is -2.37. The van der Waals surface area contributed by atoms with Crippen LogP contribution in [0.4, 0.5) is 0 Å². The Morgan fingerprint density at radius 1 is 1.27 bits per heavy atom. The fraction of sp³-hybridized carbons (Fsp3) is 0.522. The van der Waals surface area contributed by atoms with Gasteiger partial charge in [-0.15, -0.1) is 0 Å². The van der Waals surface area contributed by atoms with Crippen LogP contribution in [-0.4, -0.2) is 47.2 Å². The average Bonchev–Trinajstić information content (AvgIpc) is 3.54.